The first kappa shape index (κ1) is 11.7. The molecule has 0 aromatic carbocycles. The van der Waals surface area contributed by atoms with Gasteiger partial charge < -0.3 is 19.1 Å². The summed E-state index contributed by atoms with van der Waals surface area (Å²) in [6.45, 7) is 2.11. The highest BCUT2D eigenvalue weighted by molar-refractivity contribution is 5.85. The van der Waals surface area contributed by atoms with Crippen LogP contribution in [0.4, 0.5) is 0 Å². The van der Waals surface area contributed by atoms with E-state index in [1.807, 2.05) is 0 Å². The van der Waals surface area contributed by atoms with Gasteiger partial charge in [0, 0.05) is 19.9 Å². The van der Waals surface area contributed by atoms with Gasteiger partial charge in [-0.15, -0.1) is 0 Å². The normalized spacial score (nSPS) is 10.5. The van der Waals surface area contributed by atoms with Crippen LogP contribution < -0.4 is 0 Å². The molecule has 15 heavy (non-hydrogen) atoms. The van der Waals surface area contributed by atoms with Crippen LogP contribution in [0.1, 0.15) is 10.5 Å². The molecule has 0 atom stereocenters. The molecule has 0 unspecified atom stereocenters. The lowest BCUT2D eigenvalue weighted by Gasteiger charge is -2.06. The Morgan fingerprint density at radius 3 is 2.93 bits per heavy atom. The quantitative estimate of drug-likeness (QED) is 0.682. The van der Waals surface area contributed by atoms with Crippen LogP contribution in [0.15, 0.2) is 18.3 Å². The average molecular weight is 213 g/mol. The highest BCUT2D eigenvalue weighted by Crippen LogP contribution is 2.01. The minimum atomic E-state index is -0.920. The smallest absolute Gasteiger partial charge is 0.352 e. The average Bonchev–Trinajstić information content (AvgIpc) is 2.66. The summed E-state index contributed by atoms with van der Waals surface area (Å²) in [6, 6.07) is 3.27. The van der Waals surface area contributed by atoms with Crippen molar-refractivity contribution < 1.29 is 19.4 Å². The fraction of sp³-hybridized carbons (Fsp3) is 0.500. The number of ether oxygens (including phenoxy) is 2. The van der Waals surface area contributed by atoms with Gasteiger partial charge in [-0.3, -0.25) is 0 Å². The summed E-state index contributed by atoms with van der Waals surface area (Å²) in [5, 5.41) is 8.81. The number of aromatic carboxylic acids is 1. The summed E-state index contributed by atoms with van der Waals surface area (Å²) in [7, 11) is 1.61. The topological polar surface area (TPSA) is 60.7 Å². The lowest BCUT2D eigenvalue weighted by Crippen LogP contribution is -2.13. The first-order chi connectivity index (χ1) is 7.25. The van der Waals surface area contributed by atoms with Gasteiger partial charge in [-0.25, -0.2) is 4.79 Å². The summed E-state index contributed by atoms with van der Waals surface area (Å²) in [5.41, 5.74) is 0.283. The maximum absolute atomic E-state index is 10.7. The van der Waals surface area contributed by atoms with E-state index in [2.05, 4.69) is 0 Å². The van der Waals surface area contributed by atoms with Crippen LogP contribution in [0.25, 0.3) is 0 Å². The maximum Gasteiger partial charge on any atom is 0.352 e. The van der Waals surface area contributed by atoms with E-state index in [4.69, 9.17) is 14.6 Å². The van der Waals surface area contributed by atoms with Crippen molar-refractivity contribution >= 4 is 5.97 Å². The van der Waals surface area contributed by atoms with Crippen molar-refractivity contribution in [1.82, 2.24) is 4.57 Å². The Morgan fingerprint density at radius 2 is 2.27 bits per heavy atom. The number of methoxy groups -OCH3 is 1. The van der Waals surface area contributed by atoms with Gasteiger partial charge in [0.25, 0.3) is 0 Å². The zero-order chi connectivity index (χ0) is 11.1. The molecular weight excluding hydrogens is 198 g/mol. The number of carbonyl (C=O) groups is 1. The number of carboxylic acid groups (broad SMARTS) is 1. The lowest BCUT2D eigenvalue weighted by molar-refractivity contribution is 0.0629. The number of aromatic nitrogens is 1. The summed E-state index contributed by atoms with van der Waals surface area (Å²) in [6.07, 6.45) is 1.73. The monoisotopic (exact) mass is 213 g/mol. The van der Waals surface area contributed by atoms with E-state index in [-0.39, 0.29) is 5.69 Å². The third-order valence-electron chi connectivity index (χ3n) is 1.96. The molecule has 0 bridgehead atoms. The Hall–Kier alpha value is -1.33. The van der Waals surface area contributed by atoms with Gasteiger partial charge in [0.2, 0.25) is 0 Å². The van der Waals surface area contributed by atoms with Gasteiger partial charge in [-0.2, -0.15) is 0 Å². The molecule has 0 saturated heterocycles. The zero-order valence-corrected chi connectivity index (χ0v) is 8.68. The Balaban J connectivity index is 2.31. The minimum absolute atomic E-state index is 0.283. The van der Waals surface area contributed by atoms with Crippen LogP contribution in [0.3, 0.4) is 0 Å². The molecule has 0 saturated carbocycles. The maximum atomic E-state index is 10.7. The molecule has 1 rings (SSSR count). The first-order valence-electron chi connectivity index (χ1n) is 4.71. The van der Waals surface area contributed by atoms with E-state index < -0.39 is 5.97 Å². The van der Waals surface area contributed by atoms with Crippen LogP contribution in [0, 0.1) is 0 Å². The molecule has 5 nitrogen and oxygen atoms in total. The molecule has 1 N–H and O–H groups in total. The van der Waals surface area contributed by atoms with Crippen LogP contribution in [-0.2, 0) is 16.0 Å². The van der Waals surface area contributed by atoms with Crippen molar-refractivity contribution in [1.29, 1.82) is 0 Å². The molecule has 0 fully saturated rings. The van der Waals surface area contributed by atoms with Crippen molar-refractivity contribution in [2.75, 3.05) is 26.9 Å². The summed E-state index contributed by atoms with van der Waals surface area (Å²) in [5.74, 6) is -0.920. The van der Waals surface area contributed by atoms with Crippen LogP contribution in [-0.4, -0.2) is 42.6 Å². The Kier molecular flexibility index (Phi) is 4.86. The molecule has 84 valence electrons. The fourth-order valence-corrected chi connectivity index (χ4v) is 1.21. The third-order valence-corrected chi connectivity index (χ3v) is 1.96. The van der Waals surface area contributed by atoms with E-state index in [0.717, 1.165) is 0 Å². The minimum Gasteiger partial charge on any atom is -0.477 e. The predicted molar refractivity (Wildman–Crippen MR) is 54.1 cm³/mol. The highest BCUT2D eigenvalue weighted by atomic mass is 16.5. The molecular formula is C10H15NO4. The van der Waals surface area contributed by atoms with E-state index in [9.17, 15) is 4.79 Å². The summed E-state index contributed by atoms with van der Waals surface area (Å²) in [4.78, 5) is 10.7. The first-order valence-corrected chi connectivity index (χ1v) is 4.71. The fourth-order valence-electron chi connectivity index (χ4n) is 1.21. The predicted octanol–water partition coefficient (Wildman–Crippen LogP) is 0.849. The van der Waals surface area contributed by atoms with E-state index in [0.29, 0.717) is 26.4 Å². The molecule has 1 heterocycles. The van der Waals surface area contributed by atoms with Crippen LogP contribution >= 0.6 is 0 Å². The third kappa shape index (κ3) is 3.73. The standard InChI is InChI=1S/C10H15NO4/c1-14-7-8-15-6-5-11-4-2-3-9(11)10(12)13/h2-4H,5-8H2,1H3,(H,12,13). The Bertz CT molecular complexity index is 308. The SMILES string of the molecule is COCCOCCn1cccc1C(=O)O. The summed E-state index contributed by atoms with van der Waals surface area (Å²) >= 11 is 0. The van der Waals surface area contributed by atoms with Gasteiger partial charge in [0.1, 0.15) is 5.69 Å². The molecule has 0 amide bonds. The zero-order valence-electron chi connectivity index (χ0n) is 8.68. The van der Waals surface area contributed by atoms with Crippen molar-refractivity contribution in [2.45, 2.75) is 6.54 Å². The molecule has 0 radical (unpaired) electrons. The second-order valence-electron chi connectivity index (χ2n) is 3.00. The van der Waals surface area contributed by atoms with Crippen LogP contribution in [0.2, 0.25) is 0 Å². The number of hydrogen-bond acceptors (Lipinski definition) is 3. The molecule has 5 heteroatoms. The number of rotatable bonds is 7. The van der Waals surface area contributed by atoms with Gasteiger partial charge in [-0.1, -0.05) is 0 Å². The molecule has 0 aliphatic carbocycles. The molecule has 1 aromatic heterocycles. The Morgan fingerprint density at radius 1 is 1.47 bits per heavy atom. The molecule has 0 spiro atoms. The van der Waals surface area contributed by atoms with Crippen molar-refractivity contribution in [3.05, 3.63) is 24.0 Å². The van der Waals surface area contributed by atoms with Crippen molar-refractivity contribution in [2.24, 2.45) is 0 Å². The van der Waals surface area contributed by atoms with E-state index in [1.165, 1.54) is 0 Å². The highest BCUT2D eigenvalue weighted by Gasteiger charge is 2.07. The Labute approximate surface area is 88.2 Å². The van der Waals surface area contributed by atoms with Gasteiger partial charge in [0.05, 0.1) is 19.8 Å². The largest absolute Gasteiger partial charge is 0.477 e. The lowest BCUT2D eigenvalue weighted by atomic mass is 10.4. The number of carboxylic acids is 1. The number of nitrogens with zero attached hydrogens (tertiary/aromatic N) is 1. The van der Waals surface area contributed by atoms with Gasteiger partial charge in [-0.05, 0) is 12.1 Å². The van der Waals surface area contributed by atoms with Crippen molar-refractivity contribution in [3.63, 3.8) is 0 Å². The summed E-state index contributed by atoms with van der Waals surface area (Å²) < 4.78 is 11.7. The molecule has 0 aliphatic heterocycles. The van der Waals surface area contributed by atoms with Gasteiger partial charge >= 0.3 is 5.97 Å². The second kappa shape index (κ2) is 6.21. The molecule has 1 aromatic rings. The van der Waals surface area contributed by atoms with E-state index in [1.54, 1.807) is 30.0 Å². The van der Waals surface area contributed by atoms with Gasteiger partial charge in [0.15, 0.2) is 0 Å². The number of hydrogen-bond donors (Lipinski definition) is 1. The molecule has 0 aliphatic rings. The van der Waals surface area contributed by atoms with Crippen LogP contribution in [0.5, 0.6) is 0 Å². The van der Waals surface area contributed by atoms with E-state index >= 15 is 0 Å². The second-order valence-corrected chi connectivity index (χ2v) is 3.00. The van der Waals surface area contributed by atoms with Crippen molar-refractivity contribution in [3.8, 4) is 0 Å².